The van der Waals surface area contributed by atoms with Gasteiger partial charge in [-0.1, -0.05) is 26.7 Å². The number of hydrogen-bond acceptors (Lipinski definition) is 3. The second-order valence-corrected chi connectivity index (χ2v) is 4.11. The van der Waals surface area contributed by atoms with Crippen molar-refractivity contribution in [2.45, 2.75) is 26.7 Å². The minimum atomic E-state index is -0.0273. The van der Waals surface area contributed by atoms with Gasteiger partial charge in [-0.05, 0) is 30.2 Å². The minimum Gasteiger partial charge on any atom is -0.352 e. The Labute approximate surface area is 103 Å². The first-order valence-corrected chi connectivity index (χ1v) is 6.06. The van der Waals surface area contributed by atoms with Gasteiger partial charge in [0.05, 0.1) is 0 Å². The van der Waals surface area contributed by atoms with Gasteiger partial charge in [0.2, 0.25) is 0 Å². The number of hydrazine groups is 1. The molecule has 0 aromatic heterocycles. The summed E-state index contributed by atoms with van der Waals surface area (Å²) in [5.74, 6) is 5.79. The molecule has 0 aliphatic heterocycles. The van der Waals surface area contributed by atoms with Crippen molar-refractivity contribution in [1.82, 2.24) is 5.32 Å². The standard InChI is InChI=1S/C13H21N3O/c1-3-10(4-2)9-15-13(17)11-5-7-12(16-14)8-6-11/h5-8,10,16H,3-4,9,14H2,1-2H3,(H,15,17). The Morgan fingerprint density at radius 3 is 2.29 bits per heavy atom. The maximum absolute atomic E-state index is 11.8. The van der Waals surface area contributed by atoms with E-state index in [0.717, 1.165) is 25.1 Å². The molecule has 0 heterocycles. The van der Waals surface area contributed by atoms with Crippen molar-refractivity contribution in [3.8, 4) is 0 Å². The normalized spacial score (nSPS) is 10.4. The summed E-state index contributed by atoms with van der Waals surface area (Å²) in [4.78, 5) is 11.8. The molecule has 0 bridgehead atoms. The Morgan fingerprint density at radius 2 is 1.82 bits per heavy atom. The van der Waals surface area contributed by atoms with Gasteiger partial charge >= 0.3 is 0 Å². The van der Waals surface area contributed by atoms with Gasteiger partial charge in [-0.3, -0.25) is 10.6 Å². The summed E-state index contributed by atoms with van der Waals surface area (Å²) >= 11 is 0. The number of carbonyl (C=O) groups is 1. The molecule has 1 aromatic rings. The van der Waals surface area contributed by atoms with E-state index in [-0.39, 0.29) is 5.91 Å². The van der Waals surface area contributed by atoms with Crippen molar-refractivity contribution in [3.05, 3.63) is 29.8 Å². The molecule has 1 amide bonds. The van der Waals surface area contributed by atoms with E-state index in [1.165, 1.54) is 0 Å². The van der Waals surface area contributed by atoms with Crippen molar-refractivity contribution in [2.24, 2.45) is 11.8 Å². The molecule has 0 saturated heterocycles. The third kappa shape index (κ3) is 4.07. The number of rotatable bonds is 6. The highest BCUT2D eigenvalue weighted by Crippen LogP contribution is 2.09. The summed E-state index contributed by atoms with van der Waals surface area (Å²) in [5.41, 5.74) is 3.98. The number of hydrogen-bond donors (Lipinski definition) is 3. The number of anilines is 1. The molecule has 0 fully saturated rings. The molecular weight excluding hydrogens is 214 g/mol. The summed E-state index contributed by atoms with van der Waals surface area (Å²) in [5, 5.41) is 2.95. The molecular formula is C13H21N3O. The molecule has 1 aromatic carbocycles. The van der Waals surface area contributed by atoms with Crippen molar-refractivity contribution >= 4 is 11.6 Å². The predicted octanol–water partition coefficient (Wildman–Crippen LogP) is 2.14. The lowest BCUT2D eigenvalue weighted by atomic mass is 10.0. The van der Waals surface area contributed by atoms with Crippen molar-refractivity contribution in [2.75, 3.05) is 12.0 Å². The van der Waals surface area contributed by atoms with Crippen LogP contribution in [0.1, 0.15) is 37.0 Å². The fourth-order valence-corrected chi connectivity index (χ4v) is 1.63. The Balaban J connectivity index is 2.51. The lowest BCUT2D eigenvalue weighted by Crippen LogP contribution is -2.28. The largest absolute Gasteiger partial charge is 0.352 e. The first-order chi connectivity index (χ1) is 8.21. The van der Waals surface area contributed by atoms with Crippen LogP contribution in [0.3, 0.4) is 0 Å². The van der Waals surface area contributed by atoms with Crippen LogP contribution in [0.4, 0.5) is 5.69 Å². The monoisotopic (exact) mass is 235 g/mol. The van der Waals surface area contributed by atoms with Crippen LogP contribution in [-0.2, 0) is 0 Å². The first-order valence-electron chi connectivity index (χ1n) is 6.06. The number of amides is 1. The molecule has 94 valence electrons. The zero-order chi connectivity index (χ0) is 12.7. The summed E-state index contributed by atoms with van der Waals surface area (Å²) in [7, 11) is 0. The predicted molar refractivity (Wildman–Crippen MR) is 70.7 cm³/mol. The summed E-state index contributed by atoms with van der Waals surface area (Å²) in [6.07, 6.45) is 2.18. The second-order valence-electron chi connectivity index (χ2n) is 4.11. The molecule has 0 radical (unpaired) electrons. The van der Waals surface area contributed by atoms with E-state index >= 15 is 0 Å². The summed E-state index contributed by atoms with van der Waals surface area (Å²) in [6.45, 7) is 5.02. The fraction of sp³-hybridized carbons (Fsp3) is 0.462. The lowest BCUT2D eigenvalue weighted by Gasteiger charge is -2.13. The van der Waals surface area contributed by atoms with Crippen molar-refractivity contribution in [3.63, 3.8) is 0 Å². The average molecular weight is 235 g/mol. The smallest absolute Gasteiger partial charge is 0.251 e. The Bertz CT molecular complexity index is 344. The number of nitrogens with two attached hydrogens (primary N) is 1. The maximum atomic E-state index is 11.8. The molecule has 0 unspecified atom stereocenters. The minimum absolute atomic E-state index is 0.0273. The second kappa shape index (κ2) is 6.91. The van der Waals surface area contributed by atoms with Crippen molar-refractivity contribution in [1.29, 1.82) is 0 Å². The molecule has 0 saturated carbocycles. The van der Waals surface area contributed by atoms with E-state index in [0.29, 0.717) is 11.5 Å². The highest BCUT2D eigenvalue weighted by Gasteiger charge is 2.08. The fourth-order valence-electron chi connectivity index (χ4n) is 1.63. The van der Waals surface area contributed by atoms with Crippen LogP contribution in [0.2, 0.25) is 0 Å². The number of benzene rings is 1. The van der Waals surface area contributed by atoms with E-state index < -0.39 is 0 Å². The van der Waals surface area contributed by atoms with Crippen LogP contribution < -0.4 is 16.6 Å². The van der Waals surface area contributed by atoms with Crippen LogP contribution in [0.25, 0.3) is 0 Å². The number of nitrogens with one attached hydrogen (secondary N) is 2. The van der Waals surface area contributed by atoms with Gasteiger partial charge in [0.1, 0.15) is 0 Å². The van der Waals surface area contributed by atoms with Crippen molar-refractivity contribution < 1.29 is 4.79 Å². The molecule has 4 N–H and O–H groups in total. The zero-order valence-corrected chi connectivity index (χ0v) is 10.5. The van der Waals surface area contributed by atoms with Crippen LogP contribution >= 0.6 is 0 Å². The molecule has 0 aliphatic carbocycles. The first kappa shape index (κ1) is 13.5. The number of carbonyl (C=O) groups excluding carboxylic acids is 1. The lowest BCUT2D eigenvalue weighted by molar-refractivity contribution is 0.0946. The topological polar surface area (TPSA) is 67.2 Å². The molecule has 4 heteroatoms. The van der Waals surface area contributed by atoms with Crippen LogP contribution in [0.5, 0.6) is 0 Å². The van der Waals surface area contributed by atoms with Crippen LogP contribution in [0, 0.1) is 5.92 Å². The van der Waals surface area contributed by atoms with Gasteiger partial charge in [-0.15, -0.1) is 0 Å². The quantitative estimate of drug-likeness (QED) is 0.522. The third-order valence-corrected chi connectivity index (χ3v) is 3.02. The molecule has 17 heavy (non-hydrogen) atoms. The summed E-state index contributed by atoms with van der Waals surface area (Å²) < 4.78 is 0. The molecule has 0 atom stereocenters. The molecule has 1 rings (SSSR count). The highest BCUT2D eigenvalue weighted by molar-refractivity contribution is 5.94. The van der Waals surface area contributed by atoms with Gasteiger partial charge < -0.3 is 10.7 Å². The zero-order valence-electron chi connectivity index (χ0n) is 10.5. The van der Waals surface area contributed by atoms with E-state index in [1.807, 2.05) is 0 Å². The summed E-state index contributed by atoms with van der Waals surface area (Å²) in [6, 6.07) is 7.09. The molecule has 0 aliphatic rings. The van der Waals surface area contributed by atoms with Crippen LogP contribution in [0.15, 0.2) is 24.3 Å². The Morgan fingerprint density at radius 1 is 1.24 bits per heavy atom. The SMILES string of the molecule is CCC(CC)CNC(=O)c1ccc(NN)cc1. The molecule has 0 spiro atoms. The van der Waals surface area contributed by atoms with Gasteiger partial charge in [-0.2, -0.15) is 0 Å². The van der Waals surface area contributed by atoms with Gasteiger partial charge in [0.25, 0.3) is 5.91 Å². The van der Waals surface area contributed by atoms with E-state index in [2.05, 4.69) is 24.6 Å². The molecule has 4 nitrogen and oxygen atoms in total. The Hall–Kier alpha value is -1.55. The van der Waals surface area contributed by atoms with Gasteiger partial charge in [0, 0.05) is 17.8 Å². The van der Waals surface area contributed by atoms with Crippen LogP contribution in [-0.4, -0.2) is 12.5 Å². The van der Waals surface area contributed by atoms with Gasteiger partial charge in [-0.25, -0.2) is 0 Å². The average Bonchev–Trinajstić information content (AvgIpc) is 2.39. The highest BCUT2D eigenvalue weighted by atomic mass is 16.1. The number of nitrogen functional groups attached to an aromatic ring is 1. The van der Waals surface area contributed by atoms with E-state index in [9.17, 15) is 4.79 Å². The maximum Gasteiger partial charge on any atom is 0.251 e. The Kier molecular flexibility index (Phi) is 5.49. The van der Waals surface area contributed by atoms with E-state index in [1.54, 1.807) is 24.3 Å². The third-order valence-electron chi connectivity index (χ3n) is 3.02. The van der Waals surface area contributed by atoms with Gasteiger partial charge in [0.15, 0.2) is 0 Å². The van der Waals surface area contributed by atoms with E-state index in [4.69, 9.17) is 5.84 Å².